The van der Waals surface area contributed by atoms with Gasteiger partial charge in [0.15, 0.2) is 11.7 Å². The summed E-state index contributed by atoms with van der Waals surface area (Å²) in [4.78, 5) is 29.1. The van der Waals surface area contributed by atoms with Crippen LogP contribution in [0.4, 0.5) is 10.8 Å². The zero-order valence-electron chi connectivity index (χ0n) is 14.0. The summed E-state index contributed by atoms with van der Waals surface area (Å²) in [7, 11) is 0. The number of nitrogens with one attached hydrogen (secondary N) is 2. The lowest BCUT2D eigenvalue weighted by Gasteiger charge is -2.18. The summed E-state index contributed by atoms with van der Waals surface area (Å²) in [5.74, 6) is 0.000878. The minimum Gasteiger partial charge on any atom is -0.482 e. The number of amides is 2. The van der Waals surface area contributed by atoms with Crippen LogP contribution in [0.5, 0.6) is 5.75 Å². The van der Waals surface area contributed by atoms with E-state index in [2.05, 4.69) is 31.5 Å². The number of aromatic nitrogens is 1. The molecule has 0 atom stereocenters. The number of rotatable bonds is 4. The molecule has 0 saturated carbocycles. The third kappa shape index (κ3) is 4.17. The molecule has 0 saturated heterocycles. The van der Waals surface area contributed by atoms with E-state index in [1.54, 1.807) is 24.4 Å². The number of ether oxygens (including phenoxy) is 1. The van der Waals surface area contributed by atoms with E-state index < -0.39 is 0 Å². The molecule has 0 unspecified atom stereocenters. The summed E-state index contributed by atoms with van der Waals surface area (Å²) >= 11 is 4.86. The maximum Gasteiger partial charge on any atom is 0.262 e. The Kier molecular flexibility index (Phi) is 4.91. The van der Waals surface area contributed by atoms with Crippen LogP contribution in [0.1, 0.15) is 20.8 Å². The summed E-state index contributed by atoms with van der Waals surface area (Å²) in [6, 6.07) is 13.0. The maximum absolute atomic E-state index is 12.5. The second-order valence-electron chi connectivity index (χ2n) is 5.94. The zero-order valence-corrected chi connectivity index (χ0v) is 16.4. The van der Waals surface area contributed by atoms with E-state index in [4.69, 9.17) is 4.74 Å². The summed E-state index contributed by atoms with van der Waals surface area (Å²) in [5, 5.41) is 6.04. The number of anilines is 2. The Bertz CT molecular complexity index is 1020. The standard InChI is InChI=1S/C19H14BrN3O3S/c20-13-4-1-11(2-5-13)7-14-9-21-19(27-14)23-18(25)12-3-6-15-16(8-12)26-10-17(24)22-15/h1-6,8-9H,7,10H2,(H,22,24)(H,21,23,25). The van der Waals surface area contributed by atoms with Gasteiger partial charge in [0.1, 0.15) is 5.75 Å². The number of halogens is 1. The highest BCUT2D eigenvalue weighted by Gasteiger charge is 2.18. The summed E-state index contributed by atoms with van der Waals surface area (Å²) < 4.78 is 6.39. The van der Waals surface area contributed by atoms with E-state index >= 15 is 0 Å². The topological polar surface area (TPSA) is 80.3 Å². The highest BCUT2D eigenvalue weighted by molar-refractivity contribution is 9.10. The molecular formula is C19H14BrN3O3S. The van der Waals surface area contributed by atoms with E-state index in [1.165, 1.54) is 16.9 Å². The molecular weight excluding hydrogens is 430 g/mol. The van der Waals surface area contributed by atoms with Gasteiger partial charge >= 0.3 is 0 Å². The van der Waals surface area contributed by atoms with Crippen molar-refractivity contribution in [3.63, 3.8) is 0 Å². The van der Waals surface area contributed by atoms with Gasteiger partial charge in [-0.05, 0) is 35.9 Å². The number of fused-ring (bicyclic) bond motifs is 1. The van der Waals surface area contributed by atoms with Crippen LogP contribution in [0.25, 0.3) is 0 Å². The Balaban J connectivity index is 1.43. The first-order valence-electron chi connectivity index (χ1n) is 8.14. The summed E-state index contributed by atoms with van der Waals surface area (Å²) in [5.41, 5.74) is 2.18. The Morgan fingerprint density at radius 1 is 1.26 bits per heavy atom. The average molecular weight is 444 g/mol. The quantitative estimate of drug-likeness (QED) is 0.636. The Morgan fingerprint density at radius 3 is 2.89 bits per heavy atom. The first-order chi connectivity index (χ1) is 13.1. The van der Waals surface area contributed by atoms with Crippen LogP contribution in [0.3, 0.4) is 0 Å². The van der Waals surface area contributed by atoms with E-state index in [0.29, 0.717) is 22.1 Å². The lowest BCUT2D eigenvalue weighted by atomic mass is 10.1. The van der Waals surface area contributed by atoms with Gasteiger partial charge in [-0.25, -0.2) is 4.98 Å². The lowest BCUT2D eigenvalue weighted by molar-refractivity contribution is -0.118. The van der Waals surface area contributed by atoms with Crippen molar-refractivity contribution in [3.05, 3.63) is 69.1 Å². The van der Waals surface area contributed by atoms with E-state index in [1.807, 2.05) is 24.3 Å². The fraction of sp³-hybridized carbons (Fsp3) is 0.105. The Labute approximate surface area is 167 Å². The van der Waals surface area contributed by atoms with Crippen molar-refractivity contribution in [2.75, 3.05) is 17.2 Å². The second-order valence-corrected chi connectivity index (χ2v) is 7.97. The maximum atomic E-state index is 12.5. The smallest absolute Gasteiger partial charge is 0.262 e. The number of hydrogen-bond donors (Lipinski definition) is 2. The van der Waals surface area contributed by atoms with Crippen LogP contribution in [-0.2, 0) is 11.2 Å². The van der Waals surface area contributed by atoms with Gasteiger partial charge in [-0.15, -0.1) is 11.3 Å². The highest BCUT2D eigenvalue weighted by atomic mass is 79.9. The molecule has 2 N–H and O–H groups in total. The second kappa shape index (κ2) is 7.50. The molecule has 2 amide bonds. The SMILES string of the molecule is O=C1COc2cc(C(=O)Nc3ncc(Cc4ccc(Br)cc4)s3)ccc2N1. The summed E-state index contributed by atoms with van der Waals surface area (Å²) in [6.07, 6.45) is 2.53. The molecule has 2 heterocycles. The van der Waals surface area contributed by atoms with Crippen LogP contribution in [-0.4, -0.2) is 23.4 Å². The normalized spacial score (nSPS) is 12.7. The molecule has 0 bridgehead atoms. The van der Waals surface area contributed by atoms with Gasteiger partial charge in [0.05, 0.1) is 5.69 Å². The molecule has 3 aromatic rings. The molecule has 4 rings (SSSR count). The van der Waals surface area contributed by atoms with Crippen molar-refractivity contribution >= 4 is 49.9 Å². The molecule has 8 heteroatoms. The number of nitrogens with zero attached hydrogens (tertiary/aromatic N) is 1. The Morgan fingerprint density at radius 2 is 2.07 bits per heavy atom. The first-order valence-corrected chi connectivity index (χ1v) is 9.75. The van der Waals surface area contributed by atoms with Crippen molar-refractivity contribution in [3.8, 4) is 5.75 Å². The van der Waals surface area contributed by atoms with Gasteiger partial charge in [0.2, 0.25) is 0 Å². The number of hydrogen-bond acceptors (Lipinski definition) is 5. The molecule has 0 radical (unpaired) electrons. The molecule has 6 nitrogen and oxygen atoms in total. The minimum atomic E-state index is -0.275. The predicted molar refractivity (Wildman–Crippen MR) is 108 cm³/mol. The largest absolute Gasteiger partial charge is 0.482 e. The third-order valence-electron chi connectivity index (χ3n) is 3.94. The number of thiazole rings is 1. The van der Waals surface area contributed by atoms with Crippen LogP contribution in [0.15, 0.2) is 53.1 Å². The Hall–Kier alpha value is -2.71. The lowest BCUT2D eigenvalue weighted by Crippen LogP contribution is -2.25. The molecule has 0 fully saturated rings. The van der Waals surface area contributed by atoms with Crippen molar-refractivity contribution < 1.29 is 14.3 Å². The predicted octanol–water partition coefficient (Wildman–Crippen LogP) is 4.08. The van der Waals surface area contributed by atoms with Gasteiger partial charge in [-0.1, -0.05) is 28.1 Å². The van der Waals surface area contributed by atoms with Crippen LogP contribution in [0.2, 0.25) is 0 Å². The van der Waals surface area contributed by atoms with E-state index in [-0.39, 0.29) is 18.4 Å². The van der Waals surface area contributed by atoms with Gasteiger partial charge in [-0.2, -0.15) is 0 Å². The fourth-order valence-electron chi connectivity index (χ4n) is 2.64. The van der Waals surface area contributed by atoms with Gasteiger partial charge < -0.3 is 10.1 Å². The molecule has 27 heavy (non-hydrogen) atoms. The molecule has 1 aliphatic heterocycles. The minimum absolute atomic E-state index is 0.0516. The van der Waals surface area contributed by atoms with Crippen LogP contribution >= 0.6 is 27.3 Å². The highest BCUT2D eigenvalue weighted by Crippen LogP contribution is 2.29. The third-order valence-corrected chi connectivity index (χ3v) is 5.38. The average Bonchev–Trinajstić information content (AvgIpc) is 3.10. The zero-order chi connectivity index (χ0) is 18.8. The first kappa shape index (κ1) is 17.7. The van der Waals surface area contributed by atoms with Gasteiger partial charge in [0, 0.05) is 27.5 Å². The number of carbonyl (C=O) groups is 2. The van der Waals surface area contributed by atoms with Crippen LogP contribution in [0, 0.1) is 0 Å². The summed E-state index contributed by atoms with van der Waals surface area (Å²) in [6.45, 7) is -0.0516. The van der Waals surface area contributed by atoms with Crippen molar-refractivity contribution in [2.45, 2.75) is 6.42 Å². The van der Waals surface area contributed by atoms with Crippen molar-refractivity contribution in [2.24, 2.45) is 0 Å². The molecule has 136 valence electrons. The van der Waals surface area contributed by atoms with Gasteiger partial charge in [-0.3, -0.25) is 14.9 Å². The monoisotopic (exact) mass is 443 g/mol. The van der Waals surface area contributed by atoms with Crippen LogP contribution < -0.4 is 15.4 Å². The van der Waals surface area contributed by atoms with Crippen molar-refractivity contribution in [1.82, 2.24) is 4.98 Å². The number of benzene rings is 2. The van der Waals surface area contributed by atoms with Crippen molar-refractivity contribution in [1.29, 1.82) is 0 Å². The molecule has 1 aliphatic rings. The van der Waals surface area contributed by atoms with E-state index in [9.17, 15) is 9.59 Å². The molecule has 2 aromatic carbocycles. The van der Waals surface area contributed by atoms with Gasteiger partial charge in [0.25, 0.3) is 11.8 Å². The van der Waals surface area contributed by atoms with E-state index in [0.717, 1.165) is 15.8 Å². The number of carbonyl (C=O) groups excluding carboxylic acids is 2. The molecule has 0 spiro atoms. The molecule has 0 aliphatic carbocycles. The fourth-order valence-corrected chi connectivity index (χ4v) is 3.74. The molecule has 1 aromatic heterocycles.